The van der Waals surface area contributed by atoms with Crippen LogP contribution in [-0.2, 0) is 10.7 Å². The maximum atomic E-state index is 13.1. The molecule has 0 aliphatic rings. The van der Waals surface area contributed by atoms with Crippen molar-refractivity contribution in [2.45, 2.75) is 10.7 Å². The Labute approximate surface area is 174 Å². The average molecular weight is 586 g/mol. The van der Waals surface area contributed by atoms with Crippen molar-refractivity contribution < 1.29 is 14.3 Å². The summed E-state index contributed by atoms with van der Waals surface area (Å²) in [6.45, 7) is 0. The molecule has 0 fully saturated rings. The van der Waals surface area contributed by atoms with Crippen molar-refractivity contribution in [2.75, 3.05) is 14.2 Å². The van der Waals surface area contributed by atoms with Gasteiger partial charge in [-0.25, -0.2) is 0 Å². The van der Waals surface area contributed by atoms with E-state index in [-0.39, 0.29) is 5.78 Å². The molecule has 0 radical (unpaired) electrons. The van der Waals surface area contributed by atoms with Crippen LogP contribution in [0.15, 0.2) is 33.2 Å². The van der Waals surface area contributed by atoms with Crippen LogP contribution in [0, 0.1) is 0 Å². The topological polar surface area (TPSA) is 35.5 Å². The van der Waals surface area contributed by atoms with Crippen LogP contribution in [0.2, 0.25) is 0 Å². The fourth-order valence-electron chi connectivity index (χ4n) is 2.33. The minimum Gasteiger partial charge on any atom is -0.496 e. The van der Waals surface area contributed by atoms with E-state index >= 15 is 0 Å². The predicted molar refractivity (Wildman–Crippen MR) is 110 cm³/mol. The number of hydrogen-bond acceptors (Lipinski definition) is 3. The first-order chi connectivity index (χ1) is 11.5. The van der Waals surface area contributed by atoms with Gasteiger partial charge in [-0.05, 0) is 56.1 Å². The lowest BCUT2D eigenvalue weighted by atomic mass is 9.99. The lowest BCUT2D eigenvalue weighted by molar-refractivity contribution is 0.103. The summed E-state index contributed by atoms with van der Waals surface area (Å²) >= 11 is 14.0. The van der Waals surface area contributed by atoms with Gasteiger partial charge in [0.05, 0.1) is 14.2 Å². The van der Waals surface area contributed by atoms with Crippen LogP contribution in [0.5, 0.6) is 11.5 Å². The number of carbonyl (C=O) groups is 1. The predicted octanol–water partition coefficient (Wildman–Crippen LogP) is 6.25. The number of rotatable bonds is 6. The molecule has 0 amide bonds. The van der Waals surface area contributed by atoms with Gasteiger partial charge in [0.25, 0.3) is 0 Å². The quantitative estimate of drug-likeness (QED) is 0.297. The molecule has 0 aromatic heterocycles. The number of hydrogen-bond donors (Lipinski definition) is 0. The molecule has 128 valence electrons. The van der Waals surface area contributed by atoms with Crippen LogP contribution < -0.4 is 9.47 Å². The van der Waals surface area contributed by atoms with E-state index in [1.807, 2.05) is 0 Å². The van der Waals surface area contributed by atoms with Crippen LogP contribution in [0.1, 0.15) is 27.0 Å². The van der Waals surface area contributed by atoms with E-state index in [1.54, 1.807) is 38.5 Å². The lowest BCUT2D eigenvalue weighted by Gasteiger charge is -2.15. The molecular weight excluding hydrogens is 572 g/mol. The third-order valence-corrected chi connectivity index (χ3v) is 6.53. The molecule has 3 nitrogen and oxygen atoms in total. The van der Waals surface area contributed by atoms with Gasteiger partial charge in [-0.3, -0.25) is 4.79 Å². The molecule has 0 aliphatic heterocycles. The largest absolute Gasteiger partial charge is 0.496 e. The number of ether oxygens (including phenoxy) is 2. The second-order valence-corrected chi connectivity index (χ2v) is 7.52. The second-order valence-electron chi connectivity index (χ2n) is 4.81. The molecule has 0 spiro atoms. The highest BCUT2D eigenvalue weighted by Gasteiger charge is 2.22. The zero-order chi connectivity index (χ0) is 17.9. The molecule has 2 aromatic carbocycles. The van der Waals surface area contributed by atoms with Crippen molar-refractivity contribution in [3.8, 4) is 11.5 Å². The monoisotopic (exact) mass is 582 g/mol. The fraction of sp³-hybridized carbons (Fsp3) is 0.235. The van der Waals surface area contributed by atoms with Gasteiger partial charge in [0.2, 0.25) is 0 Å². The van der Waals surface area contributed by atoms with Crippen molar-refractivity contribution in [2.24, 2.45) is 0 Å². The van der Waals surface area contributed by atoms with Gasteiger partial charge in [0, 0.05) is 41.9 Å². The Morgan fingerprint density at radius 1 is 0.833 bits per heavy atom. The molecule has 0 saturated heterocycles. The molecule has 0 saturated carbocycles. The summed E-state index contributed by atoms with van der Waals surface area (Å²) in [6, 6.07) is 7.14. The maximum absolute atomic E-state index is 13.1. The molecule has 0 N–H and O–H groups in total. The van der Waals surface area contributed by atoms with Gasteiger partial charge in [-0.2, -0.15) is 0 Å². The summed E-state index contributed by atoms with van der Waals surface area (Å²) in [4.78, 5) is 13.1. The molecule has 0 heterocycles. The zero-order valence-corrected chi connectivity index (χ0v) is 19.3. The smallest absolute Gasteiger partial charge is 0.195 e. The molecule has 2 aromatic rings. The van der Waals surface area contributed by atoms with E-state index in [9.17, 15) is 4.79 Å². The van der Waals surface area contributed by atoms with Crippen LogP contribution >= 0.6 is 63.7 Å². The third-order valence-electron chi connectivity index (χ3n) is 3.60. The van der Waals surface area contributed by atoms with E-state index in [2.05, 4.69) is 63.7 Å². The van der Waals surface area contributed by atoms with Gasteiger partial charge in [0.1, 0.15) is 11.5 Å². The molecule has 0 aliphatic carbocycles. The number of methoxy groups -OCH3 is 2. The first-order valence-electron chi connectivity index (χ1n) is 6.87. The first kappa shape index (κ1) is 19.9. The van der Waals surface area contributed by atoms with Crippen molar-refractivity contribution in [3.05, 3.63) is 55.5 Å². The van der Waals surface area contributed by atoms with Crippen molar-refractivity contribution in [3.63, 3.8) is 0 Å². The van der Waals surface area contributed by atoms with Crippen LogP contribution in [0.25, 0.3) is 0 Å². The summed E-state index contributed by atoms with van der Waals surface area (Å²) < 4.78 is 12.1. The van der Waals surface area contributed by atoms with E-state index < -0.39 is 0 Å². The van der Waals surface area contributed by atoms with Crippen molar-refractivity contribution in [1.29, 1.82) is 0 Å². The normalized spacial score (nSPS) is 10.6. The van der Waals surface area contributed by atoms with E-state index in [0.29, 0.717) is 21.8 Å². The lowest BCUT2D eigenvalue weighted by Crippen LogP contribution is -2.07. The molecule has 7 heteroatoms. The number of carbonyl (C=O) groups excluding carboxylic acids is 1. The Morgan fingerprint density at radius 3 is 1.50 bits per heavy atom. The Hall–Kier alpha value is -0.370. The van der Waals surface area contributed by atoms with Gasteiger partial charge in [-0.1, -0.05) is 31.9 Å². The number of alkyl halides is 2. The molecule has 0 atom stereocenters. The van der Waals surface area contributed by atoms with Crippen LogP contribution in [0.4, 0.5) is 0 Å². The summed E-state index contributed by atoms with van der Waals surface area (Å²) in [5, 5.41) is 1.16. The SMILES string of the molecule is COc1ccc(C(=O)c2ccc(OC)c(CBr)c2Br)c(Br)c1CBr. The minimum atomic E-state index is -0.0801. The average Bonchev–Trinajstić information content (AvgIpc) is 2.60. The van der Waals surface area contributed by atoms with Gasteiger partial charge in [0.15, 0.2) is 5.78 Å². The number of benzene rings is 2. The zero-order valence-electron chi connectivity index (χ0n) is 13.0. The summed E-state index contributed by atoms with van der Waals surface area (Å²) in [5.74, 6) is 1.37. The van der Waals surface area contributed by atoms with E-state index in [0.717, 1.165) is 31.6 Å². The highest BCUT2D eigenvalue weighted by molar-refractivity contribution is 9.11. The number of halogens is 4. The Kier molecular flexibility index (Phi) is 7.34. The van der Waals surface area contributed by atoms with Crippen molar-refractivity contribution >= 4 is 69.5 Å². The summed E-state index contributed by atoms with van der Waals surface area (Å²) in [5.41, 5.74) is 2.95. The molecule has 2 rings (SSSR count). The molecular formula is C17H14Br4O3. The third kappa shape index (κ3) is 3.74. The highest BCUT2D eigenvalue weighted by Crippen LogP contribution is 2.37. The Bertz CT molecular complexity index is 711. The minimum absolute atomic E-state index is 0.0801. The first-order valence-corrected chi connectivity index (χ1v) is 10.7. The molecule has 0 unspecified atom stereocenters. The summed E-state index contributed by atoms with van der Waals surface area (Å²) in [7, 11) is 3.22. The van der Waals surface area contributed by atoms with Gasteiger partial charge < -0.3 is 9.47 Å². The van der Waals surface area contributed by atoms with Gasteiger partial charge in [-0.15, -0.1) is 0 Å². The standard InChI is InChI=1S/C17H14Br4O3/c1-23-13-5-3-9(15(20)11(13)7-18)17(22)10-4-6-14(24-2)12(8-19)16(10)21/h3-6H,7-8H2,1-2H3. The van der Waals surface area contributed by atoms with Crippen LogP contribution in [-0.4, -0.2) is 20.0 Å². The van der Waals surface area contributed by atoms with E-state index in [1.165, 1.54) is 0 Å². The number of ketones is 1. The fourth-order valence-corrected chi connectivity index (χ4v) is 5.50. The van der Waals surface area contributed by atoms with E-state index in [4.69, 9.17) is 9.47 Å². The van der Waals surface area contributed by atoms with Crippen molar-refractivity contribution in [1.82, 2.24) is 0 Å². The highest BCUT2D eigenvalue weighted by atomic mass is 79.9. The second kappa shape index (κ2) is 8.83. The maximum Gasteiger partial charge on any atom is 0.195 e. The molecule has 24 heavy (non-hydrogen) atoms. The van der Waals surface area contributed by atoms with Crippen LogP contribution in [0.3, 0.4) is 0 Å². The van der Waals surface area contributed by atoms with Gasteiger partial charge >= 0.3 is 0 Å². The Morgan fingerprint density at radius 2 is 1.21 bits per heavy atom. The Balaban J connectivity index is 2.58. The summed E-state index contributed by atoms with van der Waals surface area (Å²) in [6.07, 6.45) is 0. The molecule has 0 bridgehead atoms.